The van der Waals surface area contributed by atoms with E-state index in [1.165, 1.54) is 8.66 Å². The highest BCUT2D eigenvalue weighted by molar-refractivity contribution is 9.11. The zero-order valence-corrected chi connectivity index (χ0v) is 11.7. The van der Waals surface area contributed by atoms with Crippen molar-refractivity contribution < 1.29 is 0 Å². The summed E-state index contributed by atoms with van der Waals surface area (Å²) in [6, 6.07) is 4.60. The van der Waals surface area contributed by atoms with E-state index in [4.69, 9.17) is 0 Å². The molecule has 2 heterocycles. The SMILES string of the molecule is CC(C)n1cc(NCc2ccc(Br)s2)cn1. The van der Waals surface area contributed by atoms with Gasteiger partial charge in [0.2, 0.25) is 0 Å². The summed E-state index contributed by atoms with van der Waals surface area (Å²) in [4.78, 5) is 1.31. The summed E-state index contributed by atoms with van der Waals surface area (Å²) >= 11 is 5.20. The Kier molecular flexibility index (Phi) is 3.66. The van der Waals surface area contributed by atoms with E-state index in [9.17, 15) is 0 Å². The van der Waals surface area contributed by atoms with Crippen LogP contribution in [0.5, 0.6) is 0 Å². The van der Waals surface area contributed by atoms with Gasteiger partial charge in [-0.1, -0.05) is 0 Å². The Labute approximate surface area is 108 Å². The fourth-order valence-corrected chi connectivity index (χ4v) is 2.77. The van der Waals surface area contributed by atoms with Gasteiger partial charge in [0.1, 0.15) is 0 Å². The zero-order chi connectivity index (χ0) is 11.5. The normalized spacial score (nSPS) is 11.0. The van der Waals surface area contributed by atoms with Crippen LogP contribution in [0.2, 0.25) is 0 Å². The second kappa shape index (κ2) is 5.01. The molecule has 0 aliphatic heterocycles. The third-order valence-electron chi connectivity index (χ3n) is 2.23. The van der Waals surface area contributed by atoms with Crippen LogP contribution in [0.15, 0.2) is 28.3 Å². The number of aromatic nitrogens is 2. The van der Waals surface area contributed by atoms with E-state index in [1.807, 2.05) is 17.1 Å². The third-order valence-corrected chi connectivity index (χ3v) is 3.85. The summed E-state index contributed by atoms with van der Waals surface area (Å²) in [7, 11) is 0. The Morgan fingerprint density at radius 1 is 1.50 bits per heavy atom. The van der Waals surface area contributed by atoms with Crippen LogP contribution in [-0.2, 0) is 6.54 Å². The number of nitrogens with one attached hydrogen (secondary N) is 1. The first-order chi connectivity index (χ1) is 7.65. The predicted molar refractivity (Wildman–Crippen MR) is 72.0 cm³/mol. The smallest absolute Gasteiger partial charge is 0.0729 e. The van der Waals surface area contributed by atoms with E-state index in [-0.39, 0.29) is 0 Å². The Morgan fingerprint density at radius 2 is 2.31 bits per heavy atom. The lowest BCUT2D eigenvalue weighted by Crippen LogP contribution is -2.00. The molecule has 0 atom stereocenters. The van der Waals surface area contributed by atoms with Crippen molar-refractivity contribution in [3.8, 4) is 0 Å². The van der Waals surface area contributed by atoms with Crippen LogP contribution >= 0.6 is 27.3 Å². The molecule has 2 aromatic rings. The lowest BCUT2D eigenvalue weighted by molar-refractivity contribution is 0.532. The molecule has 0 radical (unpaired) electrons. The first-order valence-electron chi connectivity index (χ1n) is 5.17. The van der Waals surface area contributed by atoms with E-state index in [0.717, 1.165) is 12.2 Å². The van der Waals surface area contributed by atoms with Crippen molar-refractivity contribution in [1.29, 1.82) is 0 Å². The maximum Gasteiger partial charge on any atom is 0.0729 e. The molecule has 1 N–H and O–H groups in total. The fourth-order valence-electron chi connectivity index (χ4n) is 1.35. The summed E-state index contributed by atoms with van der Waals surface area (Å²) in [5, 5.41) is 7.64. The third kappa shape index (κ3) is 2.86. The molecule has 0 fully saturated rings. The number of thiophene rings is 1. The van der Waals surface area contributed by atoms with Crippen LogP contribution in [0.4, 0.5) is 5.69 Å². The van der Waals surface area contributed by atoms with Gasteiger partial charge in [0.25, 0.3) is 0 Å². The quantitative estimate of drug-likeness (QED) is 0.928. The van der Waals surface area contributed by atoms with Crippen molar-refractivity contribution in [2.75, 3.05) is 5.32 Å². The van der Waals surface area contributed by atoms with Crippen LogP contribution in [0.1, 0.15) is 24.8 Å². The van der Waals surface area contributed by atoms with Crippen LogP contribution in [0, 0.1) is 0 Å². The molecule has 0 bridgehead atoms. The van der Waals surface area contributed by atoms with Gasteiger partial charge in [-0.15, -0.1) is 11.3 Å². The van der Waals surface area contributed by atoms with Crippen molar-refractivity contribution in [2.45, 2.75) is 26.4 Å². The molecule has 0 saturated carbocycles. The maximum atomic E-state index is 4.28. The molecule has 0 aromatic carbocycles. The molecular formula is C11H14BrN3S. The molecular weight excluding hydrogens is 286 g/mol. The van der Waals surface area contributed by atoms with Crippen molar-refractivity contribution >= 4 is 33.0 Å². The molecule has 2 aromatic heterocycles. The van der Waals surface area contributed by atoms with Crippen molar-refractivity contribution in [1.82, 2.24) is 9.78 Å². The van der Waals surface area contributed by atoms with Crippen LogP contribution in [0.3, 0.4) is 0 Å². The van der Waals surface area contributed by atoms with E-state index < -0.39 is 0 Å². The maximum absolute atomic E-state index is 4.28. The average molecular weight is 300 g/mol. The summed E-state index contributed by atoms with van der Waals surface area (Å²) in [6.45, 7) is 5.08. The van der Waals surface area contributed by atoms with Crippen molar-refractivity contribution in [3.63, 3.8) is 0 Å². The number of rotatable bonds is 4. The molecule has 0 spiro atoms. The molecule has 86 valence electrons. The molecule has 0 aliphatic rings. The fraction of sp³-hybridized carbons (Fsp3) is 0.364. The van der Waals surface area contributed by atoms with E-state index >= 15 is 0 Å². The van der Waals surface area contributed by atoms with Gasteiger partial charge < -0.3 is 5.32 Å². The molecule has 16 heavy (non-hydrogen) atoms. The lowest BCUT2D eigenvalue weighted by Gasteiger charge is -2.03. The minimum Gasteiger partial charge on any atom is -0.378 e. The van der Waals surface area contributed by atoms with Gasteiger partial charge in [-0.25, -0.2) is 0 Å². The molecule has 5 heteroatoms. The molecule has 0 unspecified atom stereocenters. The number of anilines is 1. The second-order valence-corrected chi connectivity index (χ2v) is 6.41. The summed E-state index contributed by atoms with van der Waals surface area (Å²) < 4.78 is 3.12. The minimum atomic E-state index is 0.409. The highest BCUT2D eigenvalue weighted by Crippen LogP contribution is 2.22. The first kappa shape index (κ1) is 11.7. The molecule has 0 amide bonds. The first-order valence-corrected chi connectivity index (χ1v) is 6.78. The average Bonchev–Trinajstić information content (AvgIpc) is 2.83. The second-order valence-electron chi connectivity index (χ2n) is 3.86. The molecule has 0 aliphatic carbocycles. The summed E-state index contributed by atoms with van der Waals surface area (Å²) in [5.74, 6) is 0. The Hall–Kier alpha value is -0.810. The zero-order valence-electron chi connectivity index (χ0n) is 9.27. The topological polar surface area (TPSA) is 29.9 Å². The lowest BCUT2D eigenvalue weighted by atomic mass is 10.4. The number of nitrogens with zero attached hydrogens (tertiary/aromatic N) is 2. The highest BCUT2D eigenvalue weighted by Gasteiger charge is 2.02. The summed E-state index contributed by atoms with van der Waals surface area (Å²) in [6.07, 6.45) is 3.90. The van der Waals surface area contributed by atoms with Gasteiger partial charge in [-0.2, -0.15) is 5.10 Å². The minimum absolute atomic E-state index is 0.409. The van der Waals surface area contributed by atoms with Gasteiger partial charge in [-0.3, -0.25) is 4.68 Å². The molecule has 2 rings (SSSR count). The van der Waals surface area contributed by atoms with Crippen molar-refractivity contribution in [3.05, 3.63) is 33.2 Å². The number of hydrogen-bond acceptors (Lipinski definition) is 3. The van der Waals surface area contributed by atoms with Crippen LogP contribution in [-0.4, -0.2) is 9.78 Å². The molecule has 0 saturated heterocycles. The van der Waals surface area contributed by atoms with E-state index in [2.05, 4.69) is 52.3 Å². The Morgan fingerprint density at radius 3 is 2.88 bits per heavy atom. The number of halogens is 1. The number of hydrogen-bond donors (Lipinski definition) is 1. The monoisotopic (exact) mass is 299 g/mol. The van der Waals surface area contributed by atoms with Crippen molar-refractivity contribution in [2.24, 2.45) is 0 Å². The Bertz CT molecular complexity index is 461. The van der Waals surface area contributed by atoms with E-state index in [0.29, 0.717) is 6.04 Å². The van der Waals surface area contributed by atoms with Gasteiger partial charge in [0, 0.05) is 23.7 Å². The largest absolute Gasteiger partial charge is 0.378 e. The highest BCUT2D eigenvalue weighted by atomic mass is 79.9. The van der Waals surface area contributed by atoms with Gasteiger partial charge in [0.05, 0.1) is 15.7 Å². The summed E-state index contributed by atoms with van der Waals surface area (Å²) in [5.41, 5.74) is 1.07. The Balaban J connectivity index is 1.94. The molecule has 3 nitrogen and oxygen atoms in total. The standard InChI is InChI=1S/C11H14BrN3S/c1-8(2)15-7-9(5-14-15)13-6-10-3-4-11(12)16-10/h3-5,7-8,13H,6H2,1-2H3. The van der Waals surface area contributed by atoms with Gasteiger partial charge >= 0.3 is 0 Å². The van der Waals surface area contributed by atoms with E-state index in [1.54, 1.807) is 11.3 Å². The van der Waals surface area contributed by atoms with Crippen LogP contribution < -0.4 is 5.32 Å². The van der Waals surface area contributed by atoms with Crippen LogP contribution in [0.25, 0.3) is 0 Å². The van der Waals surface area contributed by atoms with Gasteiger partial charge in [-0.05, 0) is 41.9 Å². The predicted octanol–water partition coefficient (Wildman–Crippen LogP) is 3.90. The van der Waals surface area contributed by atoms with Gasteiger partial charge in [0.15, 0.2) is 0 Å².